The molecule has 1 heterocycles. The van der Waals surface area contributed by atoms with Gasteiger partial charge >= 0.3 is 12.0 Å². The van der Waals surface area contributed by atoms with E-state index in [4.69, 9.17) is 4.74 Å². The number of carbonyl (C=O) groups is 2. The quantitative estimate of drug-likeness (QED) is 0.893. The Morgan fingerprint density at radius 1 is 1.39 bits per heavy atom. The highest BCUT2D eigenvalue weighted by Crippen LogP contribution is 2.31. The van der Waals surface area contributed by atoms with Crippen molar-refractivity contribution >= 4 is 17.7 Å². The fourth-order valence-corrected chi connectivity index (χ4v) is 2.57. The zero-order valence-electron chi connectivity index (χ0n) is 14.0. The molecule has 2 rings (SSSR count). The number of anilines is 1. The molecule has 1 aromatic rings. The maximum Gasteiger partial charge on any atom is 0.321 e. The molecular weight excluding hydrogens is 296 g/mol. The third-order valence-electron chi connectivity index (χ3n) is 4.08. The molecule has 0 radical (unpaired) electrons. The minimum Gasteiger partial charge on any atom is -0.491 e. The fourth-order valence-electron chi connectivity index (χ4n) is 2.57. The number of rotatable bonds is 4. The van der Waals surface area contributed by atoms with E-state index in [9.17, 15) is 14.7 Å². The smallest absolute Gasteiger partial charge is 0.321 e. The van der Waals surface area contributed by atoms with Crippen LogP contribution in [0.25, 0.3) is 0 Å². The number of hydrogen-bond donors (Lipinski definition) is 2. The van der Waals surface area contributed by atoms with Crippen molar-refractivity contribution in [1.29, 1.82) is 0 Å². The van der Waals surface area contributed by atoms with Crippen molar-refractivity contribution in [2.75, 3.05) is 18.4 Å². The normalized spacial score (nSPS) is 20.7. The van der Waals surface area contributed by atoms with Gasteiger partial charge in [-0.05, 0) is 45.7 Å². The minimum atomic E-state index is -0.865. The number of urea groups is 1. The number of carboxylic acid groups (broad SMARTS) is 1. The minimum absolute atomic E-state index is 0.0505. The van der Waals surface area contributed by atoms with Gasteiger partial charge in [0.25, 0.3) is 0 Å². The van der Waals surface area contributed by atoms with Gasteiger partial charge in [-0.25, -0.2) is 4.79 Å². The van der Waals surface area contributed by atoms with Gasteiger partial charge in [-0.1, -0.05) is 6.07 Å². The molecule has 0 spiro atoms. The maximum atomic E-state index is 12.3. The van der Waals surface area contributed by atoms with Crippen molar-refractivity contribution in [3.63, 3.8) is 0 Å². The van der Waals surface area contributed by atoms with Crippen LogP contribution in [0.2, 0.25) is 0 Å². The highest BCUT2D eigenvalue weighted by Gasteiger charge is 2.42. The summed E-state index contributed by atoms with van der Waals surface area (Å²) in [7, 11) is 0. The summed E-state index contributed by atoms with van der Waals surface area (Å²) in [6, 6.07) is 5.21. The van der Waals surface area contributed by atoms with Crippen LogP contribution < -0.4 is 10.1 Å². The molecule has 0 aliphatic carbocycles. The monoisotopic (exact) mass is 320 g/mol. The Balaban J connectivity index is 2.05. The van der Waals surface area contributed by atoms with Gasteiger partial charge in [-0.3, -0.25) is 4.79 Å². The number of hydrogen-bond acceptors (Lipinski definition) is 3. The molecule has 1 aliphatic rings. The van der Waals surface area contributed by atoms with Crippen molar-refractivity contribution in [2.45, 2.75) is 40.2 Å². The number of nitrogens with zero attached hydrogens (tertiary/aromatic N) is 1. The molecular formula is C17H24N2O4. The molecule has 23 heavy (non-hydrogen) atoms. The standard InChI is InChI=1S/C17H24N2O4/c1-11(2)23-14-9-13(6-5-12(14)3)18-16(22)19-8-7-17(4,10-19)15(20)21/h5-6,9,11H,7-8,10H2,1-4H3,(H,18,22)(H,20,21). The molecule has 6 nitrogen and oxygen atoms in total. The largest absolute Gasteiger partial charge is 0.491 e. The summed E-state index contributed by atoms with van der Waals surface area (Å²) in [4.78, 5) is 25.1. The van der Waals surface area contributed by atoms with Crippen molar-refractivity contribution in [3.8, 4) is 5.75 Å². The Kier molecular flexibility index (Phi) is 4.82. The highest BCUT2D eigenvalue weighted by atomic mass is 16.5. The van der Waals surface area contributed by atoms with Crippen LogP contribution in [0.3, 0.4) is 0 Å². The zero-order valence-corrected chi connectivity index (χ0v) is 14.0. The van der Waals surface area contributed by atoms with Gasteiger partial charge in [0, 0.05) is 24.8 Å². The van der Waals surface area contributed by atoms with E-state index in [1.807, 2.05) is 32.9 Å². The summed E-state index contributed by atoms with van der Waals surface area (Å²) in [5.74, 6) is -0.134. The van der Waals surface area contributed by atoms with Gasteiger partial charge in [0.05, 0.1) is 11.5 Å². The van der Waals surface area contributed by atoms with Crippen LogP contribution in [0.1, 0.15) is 32.8 Å². The third kappa shape index (κ3) is 3.94. The van der Waals surface area contributed by atoms with Crippen molar-refractivity contribution in [2.24, 2.45) is 5.41 Å². The fraction of sp³-hybridized carbons (Fsp3) is 0.529. The van der Waals surface area contributed by atoms with E-state index >= 15 is 0 Å². The van der Waals surface area contributed by atoms with E-state index in [2.05, 4.69) is 5.32 Å². The molecule has 1 aromatic carbocycles. The first-order valence-electron chi connectivity index (χ1n) is 7.78. The second-order valence-electron chi connectivity index (χ2n) is 6.61. The maximum absolute atomic E-state index is 12.3. The Bertz CT molecular complexity index is 615. The van der Waals surface area contributed by atoms with Crippen LogP contribution in [-0.2, 0) is 4.79 Å². The van der Waals surface area contributed by atoms with E-state index in [1.54, 1.807) is 13.0 Å². The lowest BCUT2D eigenvalue weighted by Gasteiger charge is -2.21. The summed E-state index contributed by atoms with van der Waals surface area (Å²) in [5.41, 5.74) is 0.771. The molecule has 2 N–H and O–H groups in total. The summed E-state index contributed by atoms with van der Waals surface area (Å²) >= 11 is 0. The average Bonchev–Trinajstić information content (AvgIpc) is 2.86. The average molecular weight is 320 g/mol. The lowest BCUT2D eigenvalue weighted by Crippen LogP contribution is -2.37. The van der Waals surface area contributed by atoms with Crippen LogP contribution >= 0.6 is 0 Å². The van der Waals surface area contributed by atoms with Crippen molar-refractivity contribution in [3.05, 3.63) is 23.8 Å². The summed E-state index contributed by atoms with van der Waals surface area (Å²) in [5, 5.41) is 12.1. The first-order valence-corrected chi connectivity index (χ1v) is 7.78. The lowest BCUT2D eigenvalue weighted by atomic mass is 9.90. The predicted molar refractivity (Wildman–Crippen MR) is 87.9 cm³/mol. The van der Waals surface area contributed by atoms with Crippen LogP contribution in [0.15, 0.2) is 18.2 Å². The zero-order chi connectivity index (χ0) is 17.2. The van der Waals surface area contributed by atoms with Crippen LogP contribution in [0.4, 0.5) is 10.5 Å². The van der Waals surface area contributed by atoms with Gasteiger partial charge in [0.2, 0.25) is 0 Å². The molecule has 0 saturated carbocycles. The number of ether oxygens (including phenoxy) is 1. The SMILES string of the molecule is Cc1ccc(NC(=O)N2CCC(C)(C(=O)O)C2)cc1OC(C)C. The number of aliphatic carboxylic acids is 1. The first kappa shape index (κ1) is 17.1. The Hall–Kier alpha value is -2.24. The van der Waals surface area contributed by atoms with E-state index in [0.29, 0.717) is 18.7 Å². The molecule has 0 bridgehead atoms. The summed E-state index contributed by atoms with van der Waals surface area (Å²) in [6.45, 7) is 8.17. The molecule has 1 fully saturated rings. The number of carbonyl (C=O) groups excluding carboxylic acids is 1. The van der Waals surface area contributed by atoms with E-state index < -0.39 is 11.4 Å². The van der Waals surface area contributed by atoms with Crippen LogP contribution in [-0.4, -0.2) is 41.2 Å². The second-order valence-corrected chi connectivity index (χ2v) is 6.61. The van der Waals surface area contributed by atoms with Crippen molar-refractivity contribution in [1.82, 2.24) is 4.90 Å². The predicted octanol–water partition coefficient (Wildman–Crippen LogP) is 3.11. The van der Waals surface area contributed by atoms with E-state index in [-0.39, 0.29) is 18.7 Å². The Morgan fingerprint density at radius 3 is 2.65 bits per heavy atom. The van der Waals surface area contributed by atoms with Gasteiger partial charge in [0.15, 0.2) is 0 Å². The van der Waals surface area contributed by atoms with Gasteiger partial charge in [0.1, 0.15) is 5.75 Å². The van der Waals surface area contributed by atoms with Gasteiger partial charge in [-0.15, -0.1) is 0 Å². The molecule has 1 aliphatic heterocycles. The first-order chi connectivity index (χ1) is 10.7. The molecule has 1 saturated heterocycles. The number of amides is 2. The molecule has 0 aromatic heterocycles. The molecule has 1 unspecified atom stereocenters. The second kappa shape index (κ2) is 6.48. The lowest BCUT2D eigenvalue weighted by molar-refractivity contribution is -0.146. The number of likely N-dealkylation sites (tertiary alicyclic amines) is 1. The molecule has 1 atom stereocenters. The van der Waals surface area contributed by atoms with E-state index in [1.165, 1.54) is 4.90 Å². The van der Waals surface area contributed by atoms with Crippen LogP contribution in [0.5, 0.6) is 5.75 Å². The molecule has 6 heteroatoms. The van der Waals surface area contributed by atoms with Crippen LogP contribution in [0, 0.1) is 12.3 Å². The number of benzene rings is 1. The van der Waals surface area contributed by atoms with Crippen molar-refractivity contribution < 1.29 is 19.4 Å². The number of carboxylic acids is 1. The summed E-state index contributed by atoms with van der Waals surface area (Å²) < 4.78 is 5.71. The Morgan fingerprint density at radius 2 is 2.09 bits per heavy atom. The molecule has 2 amide bonds. The summed E-state index contributed by atoms with van der Waals surface area (Å²) in [6.07, 6.45) is 0.514. The van der Waals surface area contributed by atoms with Gasteiger partial charge < -0.3 is 20.1 Å². The number of aryl methyl sites for hydroxylation is 1. The topological polar surface area (TPSA) is 78.9 Å². The van der Waals surface area contributed by atoms with Gasteiger partial charge in [-0.2, -0.15) is 0 Å². The Labute approximate surface area is 136 Å². The highest BCUT2D eigenvalue weighted by molar-refractivity contribution is 5.90. The third-order valence-corrected chi connectivity index (χ3v) is 4.08. The molecule has 126 valence electrons. The van der Waals surface area contributed by atoms with E-state index in [0.717, 1.165) is 11.3 Å². The number of nitrogens with one attached hydrogen (secondary N) is 1.